The molecule has 5 nitrogen and oxygen atoms in total. The molecule has 0 unspecified atom stereocenters. The molecular weight excluding hydrogens is 366 g/mol. The maximum atomic E-state index is 11.9. The first-order valence-electron chi connectivity index (χ1n) is 4.75. The van der Waals surface area contributed by atoms with Crippen LogP contribution in [0, 0.1) is 0 Å². The van der Waals surface area contributed by atoms with E-state index in [0.717, 1.165) is 6.26 Å². The van der Waals surface area contributed by atoms with Crippen molar-refractivity contribution in [3.8, 4) is 0 Å². The minimum absolute atomic E-state index is 0.0660. The maximum Gasteiger partial charge on any atom is 0.243 e. The van der Waals surface area contributed by atoms with Gasteiger partial charge in [0.1, 0.15) is 14.7 Å². The standard InChI is InChI=1S/C9H11BrClNO4S2/c1-17(13,14)6-5-12-18(15,16)9-7(10)3-2-4-8(9)11/h2-4,12H,5-6H2,1H3. The topological polar surface area (TPSA) is 80.3 Å². The molecule has 0 atom stereocenters. The third kappa shape index (κ3) is 4.51. The van der Waals surface area contributed by atoms with Crippen LogP contribution >= 0.6 is 27.5 Å². The summed E-state index contributed by atoms with van der Waals surface area (Å²) < 4.78 is 48.2. The second-order valence-electron chi connectivity index (χ2n) is 3.58. The van der Waals surface area contributed by atoms with Gasteiger partial charge in [-0.15, -0.1) is 0 Å². The van der Waals surface area contributed by atoms with Gasteiger partial charge in [-0.25, -0.2) is 21.6 Å². The molecule has 1 rings (SSSR count). The SMILES string of the molecule is CS(=O)(=O)CCNS(=O)(=O)c1c(Cl)cccc1Br. The van der Waals surface area contributed by atoms with Crippen LogP contribution in [-0.2, 0) is 19.9 Å². The number of halogens is 2. The van der Waals surface area contributed by atoms with Gasteiger partial charge in [0.25, 0.3) is 0 Å². The highest BCUT2D eigenvalue weighted by molar-refractivity contribution is 9.10. The first kappa shape index (κ1) is 15.9. The first-order valence-corrected chi connectivity index (χ1v) is 9.46. The fraction of sp³-hybridized carbons (Fsp3) is 0.333. The third-order valence-electron chi connectivity index (χ3n) is 1.95. The van der Waals surface area contributed by atoms with Gasteiger partial charge in [-0.2, -0.15) is 0 Å². The van der Waals surface area contributed by atoms with Crippen molar-refractivity contribution in [2.75, 3.05) is 18.6 Å². The average molecular weight is 377 g/mol. The lowest BCUT2D eigenvalue weighted by Crippen LogP contribution is -2.29. The van der Waals surface area contributed by atoms with Crippen molar-refractivity contribution in [3.63, 3.8) is 0 Å². The van der Waals surface area contributed by atoms with Gasteiger partial charge in [0.2, 0.25) is 10.0 Å². The number of nitrogens with one attached hydrogen (secondary N) is 1. The van der Waals surface area contributed by atoms with E-state index >= 15 is 0 Å². The number of sulfonamides is 1. The molecule has 0 heterocycles. The largest absolute Gasteiger partial charge is 0.243 e. The van der Waals surface area contributed by atoms with Gasteiger partial charge in [0, 0.05) is 17.3 Å². The summed E-state index contributed by atoms with van der Waals surface area (Å²) in [6.07, 6.45) is 1.03. The van der Waals surface area contributed by atoms with E-state index in [0.29, 0.717) is 4.47 Å². The van der Waals surface area contributed by atoms with Crippen LogP contribution in [0.3, 0.4) is 0 Å². The Labute approximate surface area is 120 Å². The van der Waals surface area contributed by atoms with Crippen LogP contribution in [0.15, 0.2) is 27.6 Å². The molecule has 0 aliphatic carbocycles. The van der Waals surface area contributed by atoms with Crippen molar-refractivity contribution in [2.45, 2.75) is 4.90 Å². The Hall–Kier alpha value is -0.150. The normalized spacial score (nSPS) is 12.6. The Bertz CT molecular complexity index is 622. The van der Waals surface area contributed by atoms with E-state index in [1.807, 2.05) is 0 Å². The zero-order valence-corrected chi connectivity index (χ0v) is 13.3. The van der Waals surface area contributed by atoms with Crippen LogP contribution in [0.2, 0.25) is 5.02 Å². The number of benzene rings is 1. The molecule has 0 aromatic heterocycles. The number of rotatable bonds is 5. The number of sulfone groups is 1. The van der Waals surface area contributed by atoms with Gasteiger partial charge < -0.3 is 0 Å². The van der Waals surface area contributed by atoms with E-state index in [9.17, 15) is 16.8 Å². The first-order chi connectivity index (χ1) is 8.13. The Kier molecular flexibility index (Phi) is 5.19. The molecule has 0 saturated carbocycles. The fourth-order valence-corrected chi connectivity index (χ4v) is 4.54. The highest BCUT2D eigenvalue weighted by Crippen LogP contribution is 2.28. The second kappa shape index (κ2) is 5.87. The lowest BCUT2D eigenvalue weighted by molar-refractivity contribution is 0.581. The van der Waals surface area contributed by atoms with Crippen molar-refractivity contribution in [2.24, 2.45) is 0 Å². The number of hydrogen-bond donors (Lipinski definition) is 1. The molecule has 0 aliphatic heterocycles. The van der Waals surface area contributed by atoms with Crippen molar-refractivity contribution in [1.29, 1.82) is 0 Å². The molecule has 0 saturated heterocycles. The molecule has 0 bridgehead atoms. The third-order valence-corrected chi connectivity index (χ3v) is 5.81. The zero-order chi connectivity index (χ0) is 14.0. The Balaban J connectivity index is 2.94. The van der Waals surface area contributed by atoms with E-state index < -0.39 is 19.9 Å². The Morgan fingerprint density at radius 2 is 1.89 bits per heavy atom. The Morgan fingerprint density at radius 1 is 1.28 bits per heavy atom. The molecule has 0 amide bonds. The van der Waals surface area contributed by atoms with Crippen LogP contribution in [0.25, 0.3) is 0 Å². The lowest BCUT2D eigenvalue weighted by atomic mass is 10.4. The molecule has 18 heavy (non-hydrogen) atoms. The van der Waals surface area contributed by atoms with Gasteiger partial charge in [0.15, 0.2) is 0 Å². The highest BCUT2D eigenvalue weighted by atomic mass is 79.9. The van der Waals surface area contributed by atoms with E-state index in [1.54, 1.807) is 6.07 Å². The van der Waals surface area contributed by atoms with Crippen molar-refractivity contribution < 1.29 is 16.8 Å². The van der Waals surface area contributed by atoms with Crippen LogP contribution in [-0.4, -0.2) is 35.4 Å². The van der Waals surface area contributed by atoms with Gasteiger partial charge in [-0.1, -0.05) is 17.7 Å². The minimum Gasteiger partial charge on any atom is -0.229 e. The predicted octanol–water partition coefficient (Wildman–Crippen LogP) is 1.43. The van der Waals surface area contributed by atoms with Crippen molar-refractivity contribution >= 4 is 47.4 Å². The van der Waals surface area contributed by atoms with Gasteiger partial charge >= 0.3 is 0 Å². The molecule has 102 valence electrons. The smallest absolute Gasteiger partial charge is 0.229 e. The summed E-state index contributed by atoms with van der Waals surface area (Å²) >= 11 is 8.91. The predicted molar refractivity (Wildman–Crippen MR) is 74.1 cm³/mol. The van der Waals surface area contributed by atoms with Crippen LogP contribution < -0.4 is 4.72 Å². The molecule has 1 aromatic carbocycles. The molecular formula is C9H11BrClNO4S2. The summed E-state index contributed by atoms with van der Waals surface area (Å²) in [5.41, 5.74) is 0. The van der Waals surface area contributed by atoms with Crippen LogP contribution in [0.5, 0.6) is 0 Å². The molecule has 0 spiro atoms. The van der Waals surface area contributed by atoms with Crippen LogP contribution in [0.4, 0.5) is 0 Å². The fourth-order valence-electron chi connectivity index (χ4n) is 1.17. The van der Waals surface area contributed by atoms with E-state index in [4.69, 9.17) is 11.6 Å². The summed E-state index contributed by atoms with van der Waals surface area (Å²) in [4.78, 5) is -0.0971. The van der Waals surface area contributed by atoms with Crippen molar-refractivity contribution in [3.05, 3.63) is 27.7 Å². The quantitative estimate of drug-likeness (QED) is 0.843. The van der Waals surface area contributed by atoms with E-state index in [-0.39, 0.29) is 22.2 Å². The number of hydrogen-bond acceptors (Lipinski definition) is 4. The summed E-state index contributed by atoms with van der Waals surface area (Å²) in [5.74, 6) is -0.270. The second-order valence-corrected chi connectivity index (χ2v) is 8.80. The monoisotopic (exact) mass is 375 g/mol. The van der Waals surface area contributed by atoms with E-state index in [1.165, 1.54) is 12.1 Å². The summed E-state index contributed by atoms with van der Waals surface area (Å²) in [6, 6.07) is 4.58. The van der Waals surface area contributed by atoms with E-state index in [2.05, 4.69) is 20.7 Å². The zero-order valence-electron chi connectivity index (χ0n) is 9.35. The average Bonchev–Trinajstić information content (AvgIpc) is 2.13. The van der Waals surface area contributed by atoms with Gasteiger partial charge in [-0.05, 0) is 28.1 Å². The highest BCUT2D eigenvalue weighted by Gasteiger charge is 2.21. The van der Waals surface area contributed by atoms with Gasteiger partial charge in [0.05, 0.1) is 10.8 Å². The summed E-state index contributed by atoms with van der Waals surface area (Å²) in [5, 5.41) is 0.0660. The van der Waals surface area contributed by atoms with Crippen LogP contribution in [0.1, 0.15) is 0 Å². The summed E-state index contributed by atoms with van der Waals surface area (Å²) in [6.45, 7) is -0.196. The van der Waals surface area contributed by atoms with Gasteiger partial charge in [-0.3, -0.25) is 0 Å². The van der Waals surface area contributed by atoms with Crippen molar-refractivity contribution in [1.82, 2.24) is 4.72 Å². The minimum atomic E-state index is -3.84. The molecule has 9 heteroatoms. The molecule has 0 fully saturated rings. The molecule has 1 aromatic rings. The summed E-state index contributed by atoms with van der Waals surface area (Å²) in [7, 11) is -7.06. The molecule has 0 aliphatic rings. The lowest BCUT2D eigenvalue weighted by Gasteiger charge is -2.09. The Morgan fingerprint density at radius 3 is 2.39 bits per heavy atom. The molecule has 0 radical (unpaired) electrons. The maximum absolute atomic E-state index is 11.9. The molecule has 1 N–H and O–H groups in total.